The van der Waals surface area contributed by atoms with Gasteiger partial charge in [-0.1, -0.05) is 62.9 Å². The van der Waals surface area contributed by atoms with E-state index in [4.69, 9.17) is 0 Å². The Bertz CT molecular complexity index is 1040. The van der Waals surface area contributed by atoms with Crippen molar-refractivity contribution in [3.05, 3.63) is 82.2 Å². The minimum atomic E-state index is -0.824. The van der Waals surface area contributed by atoms with Gasteiger partial charge in [-0.3, -0.25) is 0 Å². The fourth-order valence-electron chi connectivity index (χ4n) is 4.78. The van der Waals surface area contributed by atoms with Crippen LogP contribution in [0.4, 0.5) is 13.2 Å². The van der Waals surface area contributed by atoms with Crippen LogP contribution in [0.3, 0.4) is 0 Å². The summed E-state index contributed by atoms with van der Waals surface area (Å²) in [6.07, 6.45) is 9.20. The van der Waals surface area contributed by atoms with E-state index < -0.39 is 11.6 Å². The third-order valence-electron chi connectivity index (χ3n) is 6.53. The molecule has 0 N–H and O–H groups in total. The molecule has 0 saturated heterocycles. The number of halogens is 3. The van der Waals surface area contributed by atoms with Gasteiger partial charge in [0.1, 0.15) is 5.82 Å². The molecule has 0 spiro atoms. The third kappa shape index (κ3) is 4.40. The minimum Gasteiger partial charge on any atom is -0.206 e. The van der Waals surface area contributed by atoms with Gasteiger partial charge in [-0.2, -0.15) is 0 Å². The molecule has 3 aromatic carbocycles. The lowest BCUT2D eigenvalue weighted by Gasteiger charge is -2.26. The van der Waals surface area contributed by atoms with Crippen LogP contribution in [0.5, 0.6) is 0 Å². The van der Waals surface area contributed by atoms with Crippen molar-refractivity contribution in [2.75, 3.05) is 0 Å². The third-order valence-corrected chi connectivity index (χ3v) is 6.53. The molecule has 30 heavy (non-hydrogen) atoms. The first-order valence-corrected chi connectivity index (χ1v) is 11.2. The average molecular weight is 411 g/mol. The van der Waals surface area contributed by atoms with Gasteiger partial charge in [-0.25, -0.2) is 13.2 Å². The zero-order chi connectivity index (χ0) is 21.1. The Hall–Kier alpha value is -2.29. The van der Waals surface area contributed by atoms with E-state index in [-0.39, 0.29) is 11.7 Å². The highest BCUT2D eigenvalue weighted by molar-refractivity contribution is 5.84. The standard InChI is InChI=1S/C27H29F3/c1-2-3-4-5-6-7-18-8-12-23-20(14-18)11-13-24(27(23)30)21-10-9-19-16-25(28)26(29)17-22(19)15-21/h8,11-14,16-17,21H,2-7,9-10,15H2,1H3. The van der Waals surface area contributed by atoms with Gasteiger partial charge in [-0.05, 0) is 77.8 Å². The Morgan fingerprint density at radius 1 is 0.833 bits per heavy atom. The molecule has 1 aliphatic carbocycles. The van der Waals surface area contributed by atoms with Gasteiger partial charge in [0.25, 0.3) is 0 Å². The Labute approximate surface area is 177 Å². The molecule has 0 amide bonds. The van der Waals surface area contributed by atoms with E-state index in [1.54, 1.807) is 0 Å². The van der Waals surface area contributed by atoms with Gasteiger partial charge in [-0.15, -0.1) is 0 Å². The van der Waals surface area contributed by atoms with Gasteiger partial charge in [0, 0.05) is 5.39 Å². The molecule has 0 heterocycles. The van der Waals surface area contributed by atoms with Crippen molar-refractivity contribution in [2.24, 2.45) is 0 Å². The number of hydrogen-bond donors (Lipinski definition) is 0. The summed E-state index contributed by atoms with van der Waals surface area (Å²) in [5.74, 6) is -1.80. The lowest BCUT2D eigenvalue weighted by Crippen LogP contribution is -2.15. The lowest BCUT2D eigenvalue weighted by molar-refractivity contribution is 0.493. The zero-order valence-electron chi connectivity index (χ0n) is 17.6. The fraction of sp³-hybridized carbons (Fsp3) is 0.407. The van der Waals surface area contributed by atoms with Gasteiger partial charge < -0.3 is 0 Å². The maximum atomic E-state index is 15.4. The van der Waals surface area contributed by atoms with Crippen molar-refractivity contribution >= 4 is 10.8 Å². The Morgan fingerprint density at radius 3 is 2.40 bits per heavy atom. The number of unbranched alkanes of at least 4 members (excludes halogenated alkanes) is 4. The number of rotatable bonds is 7. The van der Waals surface area contributed by atoms with Crippen LogP contribution in [-0.4, -0.2) is 0 Å². The van der Waals surface area contributed by atoms with Crippen molar-refractivity contribution < 1.29 is 13.2 Å². The van der Waals surface area contributed by atoms with Crippen molar-refractivity contribution in [1.29, 1.82) is 0 Å². The summed E-state index contributed by atoms with van der Waals surface area (Å²) in [7, 11) is 0. The second-order valence-electron chi connectivity index (χ2n) is 8.66. The van der Waals surface area contributed by atoms with Crippen LogP contribution in [0.2, 0.25) is 0 Å². The summed E-state index contributed by atoms with van der Waals surface area (Å²) in [4.78, 5) is 0. The maximum Gasteiger partial charge on any atom is 0.159 e. The minimum absolute atomic E-state index is 0.00926. The van der Waals surface area contributed by atoms with E-state index in [1.165, 1.54) is 49.8 Å². The normalized spacial score (nSPS) is 16.1. The molecule has 4 rings (SSSR count). The SMILES string of the molecule is CCCCCCCc1ccc2c(F)c(C3CCc4cc(F)c(F)cc4C3)ccc2c1. The molecule has 0 radical (unpaired) electrons. The number of fused-ring (bicyclic) bond motifs is 2. The molecular formula is C27H29F3. The monoisotopic (exact) mass is 410 g/mol. The summed E-state index contributed by atoms with van der Waals surface area (Å²) < 4.78 is 42.5. The number of aryl methyl sites for hydroxylation is 2. The van der Waals surface area contributed by atoms with Crippen LogP contribution in [0, 0.1) is 17.5 Å². The van der Waals surface area contributed by atoms with Crippen LogP contribution in [0.15, 0.2) is 42.5 Å². The van der Waals surface area contributed by atoms with Crippen LogP contribution in [0.25, 0.3) is 10.8 Å². The molecule has 0 aromatic heterocycles. The second kappa shape index (κ2) is 9.24. The summed E-state index contributed by atoms with van der Waals surface area (Å²) in [6.45, 7) is 2.22. The quantitative estimate of drug-likeness (QED) is 0.346. The highest BCUT2D eigenvalue weighted by Gasteiger charge is 2.25. The Morgan fingerprint density at radius 2 is 1.60 bits per heavy atom. The molecule has 0 bridgehead atoms. The largest absolute Gasteiger partial charge is 0.206 e. The first kappa shape index (κ1) is 21.0. The molecular weight excluding hydrogens is 381 g/mol. The summed E-state index contributed by atoms with van der Waals surface area (Å²) in [5.41, 5.74) is 3.58. The number of benzene rings is 3. The molecule has 1 unspecified atom stereocenters. The molecule has 158 valence electrons. The van der Waals surface area contributed by atoms with Crippen molar-refractivity contribution in [3.8, 4) is 0 Å². The molecule has 0 aliphatic heterocycles. The van der Waals surface area contributed by atoms with Crippen molar-refractivity contribution in [2.45, 2.75) is 70.6 Å². The smallest absolute Gasteiger partial charge is 0.159 e. The van der Waals surface area contributed by atoms with E-state index in [0.29, 0.717) is 23.8 Å². The maximum absolute atomic E-state index is 15.4. The summed E-state index contributed by atoms with van der Waals surface area (Å²) in [6, 6.07) is 12.5. The van der Waals surface area contributed by atoms with Crippen LogP contribution in [0.1, 0.15) is 73.6 Å². The van der Waals surface area contributed by atoms with E-state index in [0.717, 1.165) is 29.4 Å². The Balaban J connectivity index is 1.52. The molecule has 0 fully saturated rings. The van der Waals surface area contributed by atoms with E-state index in [9.17, 15) is 8.78 Å². The van der Waals surface area contributed by atoms with Crippen LogP contribution >= 0.6 is 0 Å². The molecule has 1 aliphatic rings. The van der Waals surface area contributed by atoms with Gasteiger partial charge >= 0.3 is 0 Å². The van der Waals surface area contributed by atoms with Gasteiger partial charge in [0.2, 0.25) is 0 Å². The zero-order valence-corrected chi connectivity index (χ0v) is 17.6. The molecule has 3 aromatic rings. The first-order valence-electron chi connectivity index (χ1n) is 11.2. The molecule has 1 atom stereocenters. The second-order valence-corrected chi connectivity index (χ2v) is 8.66. The van der Waals surface area contributed by atoms with Crippen LogP contribution < -0.4 is 0 Å². The molecule has 0 nitrogen and oxygen atoms in total. The van der Waals surface area contributed by atoms with Crippen molar-refractivity contribution in [1.82, 2.24) is 0 Å². The van der Waals surface area contributed by atoms with Crippen molar-refractivity contribution in [3.63, 3.8) is 0 Å². The van der Waals surface area contributed by atoms with Gasteiger partial charge in [0.05, 0.1) is 0 Å². The topological polar surface area (TPSA) is 0 Å². The fourth-order valence-corrected chi connectivity index (χ4v) is 4.78. The van der Waals surface area contributed by atoms with Gasteiger partial charge in [0.15, 0.2) is 11.6 Å². The highest BCUT2D eigenvalue weighted by Crippen LogP contribution is 2.36. The van der Waals surface area contributed by atoms with Crippen LogP contribution in [-0.2, 0) is 19.3 Å². The predicted molar refractivity (Wildman–Crippen MR) is 117 cm³/mol. The first-order chi connectivity index (χ1) is 14.6. The summed E-state index contributed by atoms with van der Waals surface area (Å²) >= 11 is 0. The van der Waals surface area contributed by atoms with E-state index in [1.807, 2.05) is 24.3 Å². The molecule has 0 saturated carbocycles. The average Bonchev–Trinajstić information content (AvgIpc) is 2.74. The highest BCUT2D eigenvalue weighted by atomic mass is 19.2. The lowest BCUT2D eigenvalue weighted by atomic mass is 9.79. The Kier molecular flexibility index (Phi) is 6.46. The van der Waals surface area contributed by atoms with E-state index >= 15 is 4.39 Å². The number of hydrogen-bond acceptors (Lipinski definition) is 0. The summed E-state index contributed by atoms with van der Waals surface area (Å²) in [5, 5.41) is 1.59. The predicted octanol–water partition coefficient (Wildman–Crippen LogP) is 8.04. The molecule has 3 heteroatoms. The van der Waals surface area contributed by atoms with E-state index in [2.05, 4.69) is 13.0 Å².